The SMILES string of the molecule is CCn1c(-c2cccnc2[C@H](C)OC)c(CC(C)(C)C)c2cc(B3OC(C)(C)C(C)(C)O3)ccc21. The molecule has 35 heavy (non-hydrogen) atoms. The standard InChI is InChI=1S/C29H41BN2O3/c1-11-32-24-15-14-20(30-34-28(6,7)29(8,9)35-30)17-22(24)23(18-27(3,4)5)26(32)21-13-12-16-31-25(21)19(2)33-10/h12-17,19H,11,18H2,1-10H3/t19-/m0/s1. The lowest BCUT2D eigenvalue weighted by Crippen LogP contribution is -2.41. The Bertz CT molecular complexity index is 1210. The van der Waals surface area contributed by atoms with Gasteiger partial charge in [-0.15, -0.1) is 0 Å². The molecule has 0 aliphatic carbocycles. The van der Waals surface area contributed by atoms with Gasteiger partial charge < -0.3 is 18.6 Å². The number of pyridine rings is 1. The molecule has 1 aliphatic heterocycles. The van der Waals surface area contributed by atoms with E-state index in [1.165, 1.54) is 22.2 Å². The van der Waals surface area contributed by atoms with Crippen molar-refractivity contribution in [3.63, 3.8) is 0 Å². The van der Waals surface area contributed by atoms with Gasteiger partial charge in [-0.3, -0.25) is 4.98 Å². The highest BCUT2D eigenvalue weighted by Crippen LogP contribution is 2.41. The molecule has 4 rings (SSSR count). The number of hydrogen-bond acceptors (Lipinski definition) is 4. The second-order valence-electron chi connectivity index (χ2n) is 12.0. The first-order valence-electron chi connectivity index (χ1n) is 12.8. The summed E-state index contributed by atoms with van der Waals surface area (Å²) in [5.41, 5.74) is 6.32. The monoisotopic (exact) mass is 476 g/mol. The highest BCUT2D eigenvalue weighted by Gasteiger charge is 2.51. The van der Waals surface area contributed by atoms with Crippen LogP contribution >= 0.6 is 0 Å². The van der Waals surface area contributed by atoms with Gasteiger partial charge in [0.05, 0.1) is 28.7 Å². The van der Waals surface area contributed by atoms with Gasteiger partial charge in [0.1, 0.15) is 0 Å². The third kappa shape index (κ3) is 4.68. The molecule has 1 fully saturated rings. The van der Waals surface area contributed by atoms with Crippen LogP contribution < -0.4 is 5.46 Å². The Hall–Kier alpha value is -2.15. The molecule has 6 heteroatoms. The van der Waals surface area contributed by atoms with Crippen molar-refractivity contribution >= 4 is 23.5 Å². The van der Waals surface area contributed by atoms with E-state index in [2.05, 4.69) is 91.1 Å². The van der Waals surface area contributed by atoms with Crippen molar-refractivity contribution < 1.29 is 14.0 Å². The summed E-state index contributed by atoms with van der Waals surface area (Å²) in [6, 6.07) is 10.9. The van der Waals surface area contributed by atoms with Crippen LogP contribution in [0.25, 0.3) is 22.2 Å². The molecule has 1 saturated heterocycles. The van der Waals surface area contributed by atoms with E-state index in [1.54, 1.807) is 7.11 Å². The van der Waals surface area contributed by atoms with Crippen molar-refractivity contribution in [3.8, 4) is 11.3 Å². The van der Waals surface area contributed by atoms with Crippen LogP contribution in [0.5, 0.6) is 0 Å². The smallest absolute Gasteiger partial charge is 0.399 e. The fourth-order valence-electron chi connectivity index (χ4n) is 4.97. The van der Waals surface area contributed by atoms with Gasteiger partial charge in [-0.2, -0.15) is 0 Å². The summed E-state index contributed by atoms with van der Waals surface area (Å²) in [5.74, 6) is 0. The predicted octanol–water partition coefficient (Wildman–Crippen LogP) is 6.32. The quantitative estimate of drug-likeness (QED) is 0.391. The molecule has 3 aromatic rings. The first kappa shape index (κ1) is 25.9. The Morgan fingerprint density at radius 2 is 1.74 bits per heavy atom. The van der Waals surface area contributed by atoms with Crippen LogP contribution in [-0.2, 0) is 27.0 Å². The molecule has 5 nitrogen and oxygen atoms in total. The highest BCUT2D eigenvalue weighted by atomic mass is 16.7. The van der Waals surface area contributed by atoms with Crippen LogP contribution in [0, 0.1) is 5.41 Å². The minimum absolute atomic E-state index is 0.0997. The van der Waals surface area contributed by atoms with Crippen molar-refractivity contribution in [1.29, 1.82) is 0 Å². The minimum atomic E-state index is -0.386. The van der Waals surface area contributed by atoms with Gasteiger partial charge in [0.2, 0.25) is 0 Å². The molecule has 2 aromatic heterocycles. The van der Waals surface area contributed by atoms with Gasteiger partial charge in [-0.25, -0.2) is 0 Å². The van der Waals surface area contributed by atoms with E-state index in [0.29, 0.717) is 0 Å². The molecule has 0 spiro atoms. The van der Waals surface area contributed by atoms with Crippen LogP contribution in [0.1, 0.15) is 79.7 Å². The molecule has 1 aromatic carbocycles. The number of aromatic nitrogens is 2. The lowest BCUT2D eigenvalue weighted by atomic mass is 9.77. The summed E-state index contributed by atoms with van der Waals surface area (Å²) in [7, 11) is 1.36. The number of nitrogens with zero attached hydrogens (tertiary/aromatic N) is 2. The van der Waals surface area contributed by atoms with Crippen molar-refractivity contribution in [3.05, 3.63) is 47.8 Å². The first-order valence-corrected chi connectivity index (χ1v) is 12.8. The summed E-state index contributed by atoms with van der Waals surface area (Å²) in [6.07, 6.45) is 2.69. The largest absolute Gasteiger partial charge is 0.494 e. The zero-order valence-electron chi connectivity index (χ0n) is 23.2. The Kier molecular flexibility index (Phi) is 6.71. The summed E-state index contributed by atoms with van der Waals surface area (Å²) in [4.78, 5) is 4.74. The molecule has 0 saturated carbocycles. The molecule has 0 amide bonds. The van der Waals surface area contributed by atoms with E-state index in [1.807, 2.05) is 12.3 Å². The molecule has 0 radical (unpaired) electrons. The molecule has 0 N–H and O–H groups in total. The highest BCUT2D eigenvalue weighted by molar-refractivity contribution is 6.62. The normalized spacial score (nSPS) is 18.4. The van der Waals surface area contributed by atoms with Crippen molar-refractivity contribution in [2.45, 2.75) is 92.6 Å². The second-order valence-corrected chi connectivity index (χ2v) is 12.0. The summed E-state index contributed by atoms with van der Waals surface area (Å²) in [6.45, 7) is 20.4. The van der Waals surface area contributed by atoms with E-state index < -0.39 is 0 Å². The van der Waals surface area contributed by atoms with Crippen LogP contribution in [0.3, 0.4) is 0 Å². The molecular weight excluding hydrogens is 435 g/mol. The average Bonchev–Trinajstić information content (AvgIpc) is 3.20. The molecular formula is C29H41BN2O3. The van der Waals surface area contributed by atoms with Gasteiger partial charge in [-0.1, -0.05) is 32.9 Å². The topological polar surface area (TPSA) is 45.5 Å². The Labute approximate surface area is 211 Å². The zero-order chi connectivity index (χ0) is 25.8. The van der Waals surface area contributed by atoms with Gasteiger partial charge in [0, 0.05) is 36.3 Å². The lowest BCUT2D eigenvalue weighted by Gasteiger charge is -2.32. The fraction of sp³-hybridized carbons (Fsp3) is 0.552. The van der Waals surface area contributed by atoms with Crippen LogP contribution in [0.4, 0.5) is 0 Å². The Balaban J connectivity index is 1.97. The molecule has 0 bridgehead atoms. The van der Waals surface area contributed by atoms with Crippen LogP contribution in [-0.4, -0.2) is 35.0 Å². The molecule has 1 aliphatic rings. The van der Waals surface area contributed by atoms with E-state index in [0.717, 1.165) is 29.7 Å². The second kappa shape index (κ2) is 9.06. The summed E-state index contributed by atoms with van der Waals surface area (Å²) in [5, 5.41) is 1.25. The molecule has 0 unspecified atom stereocenters. The third-order valence-electron chi connectivity index (χ3n) is 7.57. The van der Waals surface area contributed by atoms with E-state index >= 15 is 0 Å². The van der Waals surface area contributed by atoms with Gasteiger partial charge in [0.15, 0.2) is 0 Å². The van der Waals surface area contributed by atoms with Crippen molar-refractivity contribution in [2.75, 3.05) is 7.11 Å². The van der Waals surface area contributed by atoms with Gasteiger partial charge in [-0.05, 0) is 82.6 Å². The van der Waals surface area contributed by atoms with E-state index in [-0.39, 0.29) is 29.8 Å². The van der Waals surface area contributed by atoms with Crippen molar-refractivity contribution in [1.82, 2.24) is 9.55 Å². The Morgan fingerprint density at radius 1 is 1.09 bits per heavy atom. The average molecular weight is 476 g/mol. The van der Waals surface area contributed by atoms with E-state index in [4.69, 9.17) is 19.0 Å². The molecule has 3 heterocycles. The summed E-state index contributed by atoms with van der Waals surface area (Å²) < 4.78 is 20.9. The lowest BCUT2D eigenvalue weighted by molar-refractivity contribution is 0.00578. The number of rotatable bonds is 6. The van der Waals surface area contributed by atoms with Gasteiger partial charge in [0.25, 0.3) is 0 Å². The maximum Gasteiger partial charge on any atom is 0.494 e. The first-order chi connectivity index (χ1) is 16.3. The zero-order valence-corrected chi connectivity index (χ0v) is 23.2. The van der Waals surface area contributed by atoms with Crippen molar-refractivity contribution in [2.24, 2.45) is 5.41 Å². The maximum atomic E-state index is 6.40. The number of methoxy groups -OCH3 is 1. The fourth-order valence-corrected chi connectivity index (χ4v) is 4.97. The Morgan fingerprint density at radius 3 is 2.31 bits per heavy atom. The number of fused-ring (bicyclic) bond motifs is 1. The molecule has 1 atom stereocenters. The number of ether oxygens (including phenoxy) is 1. The minimum Gasteiger partial charge on any atom is -0.399 e. The van der Waals surface area contributed by atoms with Crippen LogP contribution in [0.2, 0.25) is 0 Å². The maximum absolute atomic E-state index is 6.40. The van der Waals surface area contributed by atoms with Crippen LogP contribution in [0.15, 0.2) is 36.5 Å². The number of hydrogen-bond donors (Lipinski definition) is 0. The number of benzene rings is 1. The number of aryl methyl sites for hydroxylation is 1. The predicted molar refractivity (Wildman–Crippen MR) is 145 cm³/mol. The third-order valence-corrected chi connectivity index (χ3v) is 7.57. The molecule has 188 valence electrons. The summed E-state index contributed by atoms with van der Waals surface area (Å²) >= 11 is 0. The van der Waals surface area contributed by atoms with E-state index in [9.17, 15) is 0 Å². The van der Waals surface area contributed by atoms with Gasteiger partial charge >= 0.3 is 7.12 Å².